The first kappa shape index (κ1) is 18.4. The van der Waals surface area contributed by atoms with Gasteiger partial charge in [0.15, 0.2) is 12.6 Å². The number of nitro benzene ring substituents is 1. The number of carbonyl (C=O) groups excluding carboxylic acids is 1. The summed E-state index contributed by atoms with van der Waals surface area (Å²) in [6, 6.07) is 6.64. The number of benzene rings is 1. The van der Waals surface area contributed by atoms with Crippen LogP contribution in [-0.2, 0) is 23.5 Å². The van der Waals surface area contributed by atoms with E-state index in [2.05, 4.69) is 11.1 Å². The second-order valence-electron chi connectivity index (χ2n) is 6.47. The van der Waals surface area contributed by atoms with Crippen molar-refractivity contribution < 1.29 is 19.2 Å². The van der Waals surface area contributed by atoms with Gasteiger partial charge in [0.2, 0.25) is 0 Å². The number of hydrogen-bond donors (Lipinski definition) is 0. The van der Waals surface area contributed by atoms with Gasteiger partial charge in [0, 0.05) is 41.0 Å². The van der Waals surface area contributed by atoms with Gasteiger partial charge in [-0.15, -0.1) is 11.8 Å². The van der Waals surface area contributed by atoms with Crippen molar-refractivity contribution in [3.63, 3.8) is 0 Å². The first-order valence-electron chi connectivity index (χ1n) is 8.67. The third kappa shape index (κ3) is 3.44. The Kier molecular flexibility index (Phi) is 4.98. The van der Waals surface area contributed by atoms with E-state index in [1.807, 2.05) is 0 Å². The van der Waals surface area contributed by atoms with Crippen LogP contribution in [0.5, 0.6) is 5.75 Å². The van der Waals surface area contributed by atoms with Gasteiger partial charge in [0.05, 0.1) is 22.8 Å². The fourth-order valence-electron chi connectivity index (χ4n) is 3.35. The molecule has 0 spiro atoms. The minimum atomic E-state index is -0.452. The van der Waals surface area contributed by atoms with Crippen LogP contribution in [0.4, 0.5) is 5.69 Å². The Hall–Kier alpha value is -2.96. The van der Waals surface area contributed by atoms with Crippen LogP contribution >= 0.6 is 11.8 Å². The third-order valence-electron chi connectivity index (χ3n) is 4.65. The normalized spacial score (nSPS) is 15.2. The summed E-state index contributed by atoms with van der Waals surface area (Å²) in [4.78, 5) is 27.4. The molecule has 2 heterocycles. The zero-order chi connectivity index (χ0) is 19.7. The molecule has 1 aromatic carbocycles. The van der Waals surface area contributed by atoms with Crippen LogP contribution in [0.25, 0.3) is 0 Å². The summed E-state index contributed by atoms with van der Waals surface area (Å²) >= 11 is 1.30. The highest BCUT2D eigenvalue weighted by Gasteiger charge is 2.24. The van der Waals surface area contributed by atoms with E-state index in [0.29, 0.717) is 57.3 Å². The van der Waals surface area contributed by atoms with E-state index in [9.17, 15) is 20.2 Å². The number of fused-ring (bicyclic) bond motifs is 2. The highest BCUT2D eigenvalue weighted by Crippen LogP contribution is 2.37. The molecule has 0 amide bonds. The number of nitriles is 1. The molecule has 2 aliphatic rings. The summed E-state index contributed by atoms with van der Waals surface area (Å²) in [5.74, 6) is 0.942. The molecule has 8 nitrogen and oxygen atoms in total. The predicted molar refractivity (Wildman–Crippen MR) is 99.2 cm³/mol. The Morgan fingerprint density at radius 1 is 1.32 bits per heavy atom. The molecule has 0 radical (unpaired) electrons. The molecule has 9 heteroatoms. The van der Waals surface area contributed by atoms with Gasteiger partial charge in [-0.25, -0.2) is 4.98 Å². The van der Waals surface area contributed by atoms with Gasteiger partial charge in [-0.1, -0.05) is 0 Å². The van der Waals surface area contributed by atoms with Crippen LogP contribution in [-0.4, -0.2) is 22.5 Å². The molecule has 0 saturated carbocycles. The fourth-order valence-corrected chi connectivity index (χ4v) is 4.29. The van der Waals surface area contributed by atoms with E-state index >= 15 is 0 Å². The van der Waals surface area contributed by atoms with Crippen molar-refractivity contribution >= 4 is 23.2 Å². The van der Waals surface area contributed by atoms with Crippen molar-refractivity contribution in [2.45, 2.75) is 36.6 Å². The number of aryl methyl sites for hydroxylation is 1. The molecule has 0 fully saturated rings. The molecule has 1 aromatic heterocycles. The smallest absolute Gasteiger partial charge is 0.270 e. The topological polar surface area (TPSA) is 115 Å². The van der Waals surface area contributed by atoms with Gasteiger partial charge in [0.1, 0.15) is 16.8 Å². The maximum atomic E-state index is 12.1. The average molecular weight is 397 g/mol. The maximum absolute atomic E-state index is 12.1. The number of ether oxygens (including phenoxy) is 2. The van der Waals surface area contributed by atoms with Crippen molar-refractivity contribution in [3.05, 3.63) is 56.3 Å². The van der Waals surface area contributed by atoms with Crippen molar-refractivity contribution in [2.24, 2.45) is 0 Å². The number of Topliss-reactive ketones (excluding diaryl/α,β-unsaturated/α-hetero) is 1. The molecule has 0 atom stereocenters. The van der Waals surface area contributed by atoms with Crippen LogP contribution < -0.4 is 4.74 Å². The lowest BCUT2D eigenvalue weighted by molar-refractivity contribution is -0.385. The Labute approximate surface area is 164 Å². The number of thioether (sulfide) groups is 1. The van der Waals surface area contributed by atoms with Gasteiger partial charge >= 0.3 is 0 Å². The molecular weight excluding hydrogens is 382 g/mol. The van der Waals surface area contributed by atoms with Gasteiger partial charge < -0.3 is 9.47 Å². The van der Waals surface area contributed by atoms with Crippen LogP contribution in [0.15, 0.2) is 23.2 Å². The van der Waals surface area contributed by atoms with Gasteiger partial charge in [-0.05, 0) is 18.9 Å². The summed E-state index contributed by atoms with van der Waals surface area (Å²) in [5, 5.41) is 21.2. The molecular formula is C19H15N3O5S. The number of nitro groups is 1. The van der Waals surface area contributed by atoms with Crippen molar-refractivity contribution in [3.8, 4) is 11.8 Å². The first-order valence-corrected chi connectivity index (χ1v) is 9.66. The predicted octanol–water partition coefficient (Wildman–Crippen LogP) is 3.54. The zero-order valence-electron chi connectivity index (χ0n) is 14.8. The molecule has 1 aliphatic carbocycles. The standard InChI is InChI=1S/C19H15N3O5S/c20-7-11-6-15-16(2-1-3-17(15)23)21-19(11)28-9-13-5-14(22(24)25)4-12-8-26-10-27-18(12)13/h4-6H,1-3,8-10H2. The molecule has 2 aromatic rings. The highest BCUT2D eigenvalue weighted by molar-refractivity contribution is 7.98. The lowest BCUT2D eigenvalue weighted by Crippen LogP contribution is -2.14. The third-order valence-corrected chi connectivity index (χ3v) is 5.69. The second-order valence-corrected chi connectivity index (χ2v) is 7.44. The highest BCUT2D eigenvalue weighted by atomic mass is 32.2. The molecule has 4 rings (SSSR count). The maximum Gasteiger partial charge on any atom is 0.270 e. The number of nitrogens with zero attached hydrogens (tertiary/aromatic N) is 3. The van der Waals surface area contributed by atoms with E-state index in [1.165, 1.54) is 23.9 Å². The van der Waals surface area contributed by atoms with E-state index in [4.69, 9.17) is 9.47 Å². The van der Waals surface area contributed by atoms with Crippen LogP contribution in [0, 0.1) is 21.4 Å². The number of pyridine rings is 1. The van der Waals surface area contributed by atoms with E-state index in [-0.39, 0.29) is 24.9 Å². The monoisotopic (exact) mass is 397 g/mol. The van der Waals surface area contributed by atoms with Gasteiger partial charge in [0.25, 0.3) is 5.69 Å². The van der Waals surface area contributed by atoms with Crippen LogP contribution in [0.2, 0.25) is 0 Å². The molecule has 1 aliphatic heterocycles. The molecule has 0 unspecified atom stereocenters. The fraction of sp³-hybridized carbons (Fsp3) is 0.316. The number of hydrogen-bond acceptors (Lipinski definition) is 8. The number of carbonyl (C=O) groups is 1. The SMILES string of the molecule is N#Cc1cc2c(nc1SCc1cc([N+](=O)[O-])cc3c1OCOC3)CCCC2=O. The summed E-state index contributed by atoms with van der Waals surface area (Å²) in [6.07, 6.45) is 1.93. The van der Waals surface area contributed by atoms with Crippen LogP contribution in [0.3, 0.4) is 0 Å². The summed E-state index contributed by atoms with van der Waals surface area (Å²) < 4.78 is 10.8. The number of rotatable bonds is 4. The quantitative estimate of drug-likeness (QED) is 0.437. The average Bonchev–Trinajstić information content (AvgIpc) is 2.71. The Bertz CT molecular complexity index is 1030. The molecule has 0 bridgehead atoms. The minimum Gasteiger partial charge on any atom is -0.467 e. The lowest BCUT2D eigenvalue weighted by Gasteiger charge is -2.20. The summed E-state index contributed by atoms with van der Waals surface area (Å²) in [6.45, 7) is 0.336. The van der Waals surface area contributed by atoms with Crippen molar-refractivity contribution in [1.82, 2.24) is 4.98 Å². The van der Waals surface area contributed by atoms with E-state index in [1.54, 1.807) is 6.07 Å². The summed E-state index contributed by atoms with van der Waals surface area (Å²) in [7, 11) is 0. The minimum absolute atomic E-state index is 0.0166. The van der Waals surface area contributed by atoms with Crippen LogP contribution in [0.1, 0.15) is 45.6 Å². The largest absolute Gasteiger partial charge is 0.467 e. The zero-order valence-corrected chi connectivity index (χ0v) is 15.6. The second kappa shape index (κ2) is 7.58. The van der Waals surface area contributed by atoms with Gasteiger partial charge in [-0.2, -0.15) is 5.26 Å². The van der Waals surface area contributed by atoms with Crippen molar-refractivity contribution in [2.75, 3.05) is 6.79 Å². The van der Waals surface area contributed by atoms with E-state index < -0.39 is 4.92 Å². The summed E-state index contributed by atoms with van der Waals surface area (Å²) in [5.41, 5.74) is 2.82. The molecule has 28 heavy (non-hydrogen) atoms. The van der Waals surface area contributed by atoms with E-state index in [0.717, 1.165) is 6.42 Å². The number of ketones is 1. The Morgan fingerprint density at radius 2 is 2.18 bits per heavy atom. The number of aromatic nitrogens is 1. The molecule has 0 saturated heterocycles. The van der Waals surface area contributed by atoms with Crippen molar-refractivity contribution in [1.29, 1.82) is 5.26 Å². The molecule has 142 valence electrons. The first-order chi connectivity index (χ1) is 13.6. The number of non-ortho nitro benzene ring substituents is 1. The molecule has 0 N–H and O–H groups in total. The Morgan fingerprint density at radius 3 is 2.96 bits per heavy atom. The Balaban J connectivity index is 1.66. The van der Waals surface area contributed by atoms with Gasteiger partial charge in [-0.3, -0.25) is 14.9 Å². The lowest BCUT2D eigenvalue weighted by atomic mass is 9.94.